The fraction of sp³-hybridized carbons (Fsp3) is 0.444. The van der Waals surface area contributed by atoms with Crippen molar-refractivity contribution >= 4 is 33.0 Å². The fourth-order valence-corrected chi connectivity index (χ4v) is 4.51. The molecular formula is C18H26N4O3S2. The molecule has 1 aromatic carbocycles. The van der Waals surface area contributed by atoms with Crippen molar-refractivity contribution in [2.24, 2.45) is 0 Å². The van der Waals surface area contributed by atoms with E-state index in [1.165, 1.54) is 12.1 Å². The first kappa shape index (κ1) is 21.5. The van der Waals surface area contributed by atoms with Crippen molar-refractivity contribution < 1.29 is 13.2 Å². The Morgan fingerprint density at radius 2 is 1.85 bits per heavy atom. The van der Waals surface area contributed by atoms with Crippen molar-refractivity contribution in [3.63, 3.8) is 0 Å². The van der Waals surface area contributed by atoms with Gasteiger partial charge in [0, 0.05) is 29.3 Å². The minimum atomic E-state index is -3.54. The molecule has 0 bridgehead atoms. The van der Waals surface area contributed by atoms with Gasteiger partial charge in [-0.2, -0.15) is 0 Å². The number of carbonyl (C=O) groups is 1. The number of amides is 1. The molecule has 0 aliphatic rings. The number of sulfonamides is 1. The van der Waals surface area contributed by atoms with Crippen LogP contribution in [-0.2, 0) is 21.4 Å². The Balaban J connectivity index is 1.98. The molecule has 27 heavy (non-hydrogen) atoms. The zero-order chi connectivity index (χ0) is 20.2. The van der Waals surface area contributed by atoms with Crippen LogP contribution in [0.25, 0.3) is 0 Å². The Kier molecular flexibility index (Phi) is 7.10. The molecule has 1 aromatic heterocycles. The van der Waals surface area contributed by atoms with Gasteiger partial charge >= 0.3 is 0 Å². The van der Waals surface area contributed by atoms with E-state index in [1.807, 2.05) is 32.0 Å². The minimum absolute atomic E-state index is 0.158. The molecule has 0 saturated carbocycles. The smallest absolute Gasteiger partial charge is 0.241 e. The fourth-order valence-electron chi connectivity index (χ4n) is 2.40. The van der Waals surface area contributed by atoms with E-state index < -0.39 is 10.0 Å². The van der Waals surface area contributed by atoms with Crippen molar-refractivity contribution in [2.45, 2.75) is 51.2 Å². The maximum atomic E-state index is 12.5. The summed E-state index contributed by atoms with van der Waals surface area (Å²) in [5.74, 6) is -0.158. The Labute approximate surface area is 164 Å². The molecular weight excluding hydrogens is 384 g/mol. The van der Waals surface area contributed by atoms with Crippen LogP contribution in [0.5, 0.6) is 0 Å². The molecule has 0 aliphatic carbocycles. The Hall–Kier alpha value is -1.81. The highest BCUT2D eigenvalue weighted by Crippen LogP contribution is 2.17. The van der Waals surface area contributed by atoms with Gasteiger partial charge in [-0.25, -0.2) is 18.1 Å². The van der Waals surface area contributed by atoms with E-state index in [2.05, 4.69) is 15.0 Å². The van der Waals surface area contributed by atoms with E-state index >= 15 is 0 Å². The van der Waals surface area contributed by atoms with Gasteiger partial charge in [0.2, 0.25) is 15.9 Å². The Morgan fingerprint density at radius 1 is 1.22 bits per heavy atom. The van der Waals surface area contributed by atoms with Crippen LogP contribution in [-0.4, -0.2) is 43.3 Å². The summed E-state index contributed by atoms with van der Waals surface area (Å²) in [6, 6.07) is 5.60. The van der Waals surface area contributed by atoms with E-state index in [9.17, 15) is 13.2 Å². The SMILES string of the molecule is Cc1ncc(CN(C)[C@H](C)C(=O)Nc2ccc(S(=O)(=O)NC(C)C)cc2)s1. The van der Waals surface area contributed by atoms with Gasteiger partial charge in [0.05, 0.1) is 15.9 Å². The van der Waals surface area contributed by atoms with Gasteiger partial charge in [-0.15, -0.1) is 11.3 Å². The number of thiazole rings is 1. The number of anilines is 1. The number of aromatic nitrogens is 1. The maximum absolute atomic E-state index is 12.5. The van der Waals surface area contributed by atoms with Crippen LogP contribution in [0.15, 0.2) is 35.4 Å². The van der Waals surface area contributed by atoms with Crippen LogP contribution in [0.2, 0.25) is 0 Å². The number of nitrogens with one attached hydrogen (secondary N) is 2. The lowest BCUT2D eigenvalue weighted by Gasteiger charge is -2.23. The third kappa shape index (κ3) is 6.10. The van der Waals surface area contributed by atoms with Crippen LogP contribution in [0.4, 0.5) is 5.69 Å². The van der Waals surface area contributed by atoms with Gasteiger partial charge in [-0.1, -0.05) is 0 Å². The lowest BCUT2D eigenvalue weighted by Crippen LogP contribution is -2.39. The second kappa shape index (κ2) is 8.92. The van der Waals surface area contributed by atoms with Crippen molar-refractivity contribution in [3.05, 3.63) is 40.3 Å². The summed E-state index contributed by atoms with van der Waals surface area (Å²) in [6.07, 6.45) is 1.82. The van der Waals surface area contributed by atoms with E-state index in [1.54, 1.807) is 37.3 Å². The molecule has 9 heteroatoms. The van der Waals surface area contributed by atoms with E-state index in [0.717, 1.165) is 9.88 Å². The monoisotopic (exact) mass is 410 g/mol. The predicted molar refractivity (Wildman–Crippen MR) is 108 cm³/mol. The Morgan fingerprint density at radius 3 is 2.37 bits per heavy atom. The van der Waals surface area contributed by atoms with Gasteiger partial charge in [0.15, 0.2) is 0 Å². The molecule has 0 fully saturated rings. The van der Waals surface area contributed by atoms with E-state index in [-0.39, 0.29) is 22.9 Å². The molecule has 0 spiro atoms. The molecule has 2 rings (SSSR count). The highest BCUT2D eigenvalue weighted by molar-refractivity contribution is 7.89. The topological polar surface area (TPSA) is 91.4 Å². The third-order valence-electron chi connectivity index (χ3n) is 3.94. The average Bonchev–Trinajstić information content (AvgIpc) is 2.98. The number of benzene rings is 1. The first-order chi connectivity index (χ1) is 12.6. The average molecular weight is 411 g/mol. The molecule has 148 valence electrons. The lowest BCUT2D eigenvalue weighted by atomic mass is 10.2. The maximum Gasteiger partial charge on any atom is 0.241 e. The van der Waals surface area contributed by atoms with Crippen LogP contribution in [0.1, 0.15) is 30.7 Å². The number of aryl methyl sites for hydroxylation is 1. The molecule has 0 aliphatic heterocycles. The number of hydrogen-bond donors (Lipinski definition) is 2. The van der Waals surface area contributed by atoms with E-state index in [0.29, 0.717) is 12.2 Å². The molecule has 1 atom stereocenters. The Bertz CT molecular complexity index is 876. The second-order valence-corrected chi connectivity index (χ2v) is 9.76. The minimum Gasteiger partial charge on any atom is -0.325 e. The summed E-state index contributed by atoms with van der Waals surface area (Å²) in [4.78, 5) is 19.9. The van der Waals surface area contributed by atoms with Crippen LogP contribution in [0.3, 0.4) is 0 Å². The largest absolute Gasteiger partial charge is 0.325 e. The molecule has 2 aromatic rings. The standard InChI is InChI=1S/C18H26N4O3S2/c1-12(2)21-27(24,25)17-8-6-15(7-9-17)20-18(23)13(3)22(5)11-16-10-19-14(4)26-16/h6-10,12-13,21H,11H2,1-5H3,(H,20,23)/t13-/m1/s1. The molecule has 1 heterocycles. The van der Waals surface area contributed by atoms with Crippen molar-refractivity contribution in [3.8, 4) is 0 Å². The summed E-state index contributed by atoms with van der Waals surface area (Å²) in [6.45, 7) is 7.94. The molecule has 0 radical (unpaired) electrons. The number of hydrogen-bond acceptors (Lipinski definition) is 6. The van der Waals surface area contributed by atoms with Gasteiger partial charge in [0.1, 0.15) is 0 Å². The molecule has 7 nitrogen and oxygen atoms in total. The van der Waals surface area contributed by atoms with Crippen LogP contribution < -0.4 is 10.0 Å². The highest BCUT2D eigenvalue weighted by Gasteiger charge is 2.20. The van der Waals surface area contributed by atoms with Crippen LogP contribution in [0, 0.1) is 6.92 Å². The third-order valence-corrected chi connectivity index (χ3v) is 6.51. The summed E-state index contributed by atoms with van der Waals surface area (Å²) >= 11 is 1.61. The molecule has 0 saturated heterocycles. The lowest BCUT2D eigenvalue weighted by molar-refractivity contribution is -0.120. The summed E-state index contributed by atoms with van der Waals surface area (Å²) < 4.78 is 26.8. The zero-order valence-electron chi connectivity index (χ0n) is 16.2. The number of likely N-dealkylation sites (N-methyl/N-ethyl adjacent to an activating group) is 1. The highest BCUT2D eigenvalue weighted by atomic mass is 32.2. The second-order valence-electron chi connectivity index (χ2n) is 6.73. The van der Waals surface area contributed by atoms with Gasteiger partial charge in [0.25, 0.3) is 0 Å². The normalized spacial score (nSPS) is 13.1. The van der Waals surface area contributed by atoms with Gasteiger partial charge < -0.3 is 5.32 Å². The first-order valence-corrected chi connectivity index (χ1v) is 10.9. The van der Waals surface area contributed by atoms with Crippen LogP contribution >= 0.6 is 11.3 Å². The van der Waals surface area contributed by atoms with Gasteiger partial charge in [-0.3, -0.25) is 9.69 Å². The molecule has 2 N–H and O–H groups in total. The zero-order valence-corrected chi connectivity index (χ0v) is 17.8. The van der Waals surface area contributed by atoms with Crippen molar-refractivity contribution in [1.29, 1.82) is 0 Å². The number of rotatable bonds is 8. The number of carbonyl (C=O) groups excluding carboxylic acids is 1. The molecule has 0 unspecified atom stereocenters. The van der Waals surface area contributed by atoms with E-state index in [4.69, 9.17) is 0 Å². The van der Waals surface area contributed by atoms with Gasteiger partial charge in [-0.05, 0) is 59.0 Å². The van der Waals surface area contributed by atoms with Crippen molar-refractivity contribution in [2.75, 3.05) is 12.4 Å². The molecule has 1 amide bonds. The quantitative estimate of drug-likeness (QED) is 0.698. The summed E-state index contributed by atoms with van der Waals surface area (Å²) in [5, 5.41) is 3.82. The predicted octanol–water partition coefficient (Wildman–Crippen LogP) is 2.60. The summed E-state index contributed by atoms with van der Waals surface area (Å²) in [5.41, 5.74) is 0.553. The first-order valence-electron chi connectivity index (χ1n) is 8.63. The number of nitrogens with zero attached hydrogens (tertiary/aromatic N) is 2. The van der Waals surface area contributed by atoms with Crippen molar-refractivity contribution in [1.82, 2.24) is 14.6 Å². The summed E-state index contributed by atoms with van der Waals surface area (Å²) in [7, 11) is -1.66.